The number of fused-ring (bicyclic) bond motifs is 1. The largest absolute Gasteiger partial charge is 0.475 e. The number of hydrogen-bond donors (Lipinski definition) is 0. The van der Waals surface area contributed by atoms with E-state index >= 15 is 0 Å². The maximum Gasteiger partial charge on any atom is 0.152 e. The van der Waals surface area contributed by atoms with Crippen molar-refractivity contribution in [1.29, 1.82) is 0 Å². The second-order valence-electron chi connectivity index (χ2n) is 6.12. The maximum atomic E-state index is 6.16. The lowest BCUT2D eigenvalue weighted by atomic mass is 10.2. The van der Waals surface area contributed by atoms with Gasteiger partial charge in [-0.1, -0.05) is 51.1 Å². The van der Waals surface area contributed by atoms with Gasteiger partial charge in [-0.25, -0.2) is 4.98 Å². The van der Waals surface area contributed by atoms with Crippen molar-refractivity contribution in [2.45, 2.75) is 33.4 Å². The van der Waals surface area contributed by atoms with Gasteiger partial charge in [-0.15, -0.1) is 11.3 Å². The number of aromatic nitrogens is 1. The van der Waals surface area contributed by atoms with Crippen LogP contribution in [0, 0.1) is 0 Å². The van der Waals surface area contributed by atoms with Crippen LogP contribution >= 0.6 is 11.3 Å². The molecule has 0 fully saturated rings. The first-order valence-electron chi connectivity index (χ1n) is 9.27. The average Bonchev–Trinajstić information content (AvgIpc) is 3.10. The minimum absolute atomic E-state index is 0.133. The lowest BCUT2D eigenvalue weighted by Gasteiger charge is -2.29. The van der Waals surface area contributed by atoms with Gasteiger partial charge >= 0.3 is 0 Å². The maximum absolute atomic E-state index is 6.16. The molecule has 1 unspecified atom stereocenters. The zero-order valence-corrected chi connectivity index (χ0v) is 16.5. The fourth-order valence-corrected chi connectivity index (χ4v) is 3.86. The van der Waals surface area contributed by atoms with E-state index in [-0.39, 0.29) is 6.23 Å². The van der Waals surface area contributed by atoms with Crippen LogP contribution in [0.3, 0.4) is 0 Å². The Morgan fingerprint density at radius 2 is 1.73 bits per heavy atom. The number of benzene rings is 2. The fraction of sp³-hybridized carbons (Fsp3) is 0.318. The van der Waals surface area contributed by atoms with Crippen molar-refractivity contribution in [3.8, 4) is 5.75 Å². The van der Waals surface area contributed by atoms with E-state index in [1.54, 1.807) is 11.3 Å². The summed E-state index contributed by atoms with van der Waals surface area (Å²) in [5.41, 5.74) is 2.20. The molecule has 0 saturated carbocycles. The van der Waals surface area contributed by atoms with Gasteiger partial charge < -0.3 is 4.74 Å². The van der Waals surface area contributed by atoms with Crippen molar-refractivity contribution in [2.24, 2.45) is 0 Å². The van der Waals surface area contributed by atoms with Gasteiger partial charge in [0.05, 0.1) is 10.2 Å². The molecule has 0 aliphatic heterocycles. The van der Waals surface area contributed by atoms with Crippen LogP contribution in [0.2, 0.25) is 0 Å². The van der Waals surface area contributed by atoms with E-state index < -0.39 is 0 Å². The molecule has 26 heavy (non-hydrogen) atoms. The van der Waals surface area contributed by atoms with Crippen molar-refractivity contribution in [1.82, 2.24) is 9.88 Å². The van der Waals surface area contributed by atoms with E-state index in [4.69, 9.17) is 4.74 Å². The predicted molar refractivity (Wildman–Crippen MR) is 113 cm³/mol. The zero-order chi connectivity index (χ0) is 18.4. The predicted octanol–water partition coefficient (Wildman–Crippen LogP) is 5.92. The molecule has 1 aromatic heterocycles. The molecule has 4 heteroatoms. The second kappa shape index (κ2) is 8.97. The molecular weight excluding hydrogens is 340 g/mol. The topological polar surface area (TPSA) is 25.4 Å². The number of ether oxygens (including phenoxy) is 1. The molecule has 0 amide bonds. The zero-order valence-electron chi connectivity index (χ0n) is 15.7. The Hall–Kier alpha value is -2.17. The summed E-state index contributed by atoms with van der Waals surface area (Å²) in [5, 5.41) is 1.03. The summed E-state index contributed by atoms with van der Waals surface area (Å²) >= 11 is 1.71. The Labute approximate surface area is 159 Å². The SMILES string of the molecule is CCC(Oc1ccc(/C=C/c2nc3ccccc3s2)cc1)N(CC)CC. The highest BCUT2D eigenvalue weighted by Gasteiger charge is 2.14. The van der Waals surface area contributed by atoms with Crippen LogP contribution in [-0.4, -0.2) is 29.2 Å². The summed E-state index contributed by atoms with van der Waals surface area (Å²) in [4.78, 5) is 6.97. The highest BCUT2D eigenvalue weighted by molar-refractivity contribution is 7.19. The van der Waals surface area contributed by atoms with Gasteiger partial charge in [-0.3, -0.25) is 4.90 Å². The standard InChI is InChI=1S/C22H26N2OS/c1-4-22(24(5-2)6-3)25-18-14-11-17(12-15-18)13-16-21-23-19-9-7-8-10-20(19)26-21/h7-16,22H,4-6H2,1-3H3/b16-13+. The molecular formula is C22H26N2OS. The third kappa shape index (κ3) is 4.51. The van der Waals surface area contributed by atoms with Gasteiger partial charge in [0, 0.05) is 0 Å². The van der Waals surface area contributed by atoms with Gasteiger partial charge in [-0.2, -0.15) is 0 Å². The molecule has 0 bridgehead atoms. The molecule has 3 aromatic rings. The first-order chi connectivity index (χ1) is 12.7. The van der Waals surface area contributed by atoms with Crippen molar-refractivity contribution >= 4 is 33.7 Å². The Bertz CT molecular complexity index is 817. The number of rotatable bonds is 8. The first kappa shape index (κ1) is 18.6. The minimum atomic E-state index is 0.133. The molecule has 0 aliphatic rings. The normalized spacial score (nSPS) is 12.9. The molecule has 1 heterocycles. The van der Waals surface area contributed by atoms with Gasteiger partial charge in [-0.05, 0) is 55.4 Å². The van der Waals surface area contributed by atoms with Gasteiger partial charge in [0.1, 0.15) is 10.8 Å². The molecule has 3 rings (SSSR count). The Balaban J connectivity index is 1.67. The van der Waals surface area contributed by atoms with E-state index in [0.717, 1.165) is 41.3 Å². The van der Waals surface area contributed by atoms with Crippen LogP contribution in [0.15, 0.2) is 48.5 Å². The number of hydrogen-bond acceptors (Lipinski definition) is 4. The monoisotopic (exact) mass is 366 g/mol. The summed E-state index contributed by atoms with van der Waals surface area (Å²) in [6, 6.07) is 16.5. The van der Waals surface area contributed by atoms with E-state index in [9.17, 15) is 0 Å². The number of nitrogens with zero attached hydrogens (tertiary/aromatic N) is 2. The minimum Gasteiger partial charge on any atom is -0.475 e. The Morgan fingerprint density at radius 3 is 2.38 bits per heavy atom. The van der Waals surface area contributed by atoms with Gasteiger partial charge in [0.15, 0.2) is 6.23 Å². The highest BCUT2D eigenvalue weighted by atomic mass is 32.1. The van der Waals surface area contributed by atoms with E-state index in [1.807, 2.05) is 18.2 Å². The summed E-state index contributed by atoms with van der Waals surface area (Å²) < 4.78 is 7.38. The molecule has 2 aromatic carbocycles. The van der Waals surface area contributed by atoms with Gasteiger partial charge in [0.2, 0.25) is 0 Å². The van der Waals surface area contributed by atoms with E-state index in [0.29, 0.717) is 0 Å². The van der Waals surface area contributed by atoms with E-state index in [1.165, 1.54) is 4.70 Å². The van der Waals surface area contributed by atoms with Crippen molar-refractivity contribution in [2.75, 3.05) is 13.1 Å². The second-order valence-corrected chi connectivity index (χ2v) is 7.19. The molecule has 0 aliphatic carbocycles. The van der Waals surface area contributed by atoms with Crippen LogP contribution < -0.4 is 4.74 Å². The van der Waals surface area contributed by atoms with Crippen LogP contribution in [0.1, 0.15) is 37.8 Å². The molecule has 0 N–H and O–H groups in total. The summed E-state index contributed by atoms with van der Waals surface area (Å²) in [5.74, 6) is 0.917. The highest BCUT2D eigenvalue weighted by Crippen LogP contribution is 2.23. The first-order valence-corrected chi connectivity index (χ1v) is 10.1. The fourth-order valence-electron chi connectivity index (χ4n) is 2.99. The smallest absolute Gasteiger partial charge is 0.152 e. The van der Waals surface area contributed by atoms with Crippen LogP contribution in [-0.2, 0) is 0 Å². The van der Waals surface area contributed by atoms with E-state index in [2.05, 4.69) is 73.1 Å². The Kier molecular flexibility index (Phi) is 6.42. The van der Waals surface area contributed by atoms with Crippen molar-refractivity contribution in [3.63, 3.8) is 0 Å². The molecule has 3 nitrogen and oxygen atoms in total. The third-order valence-corrected chi connectivity index (χ3v) is 5.45. The lowest BCUT2D eigenvalue weighted by molar-refractivity contribution is 0.0298. The average molecular weight is 367 g/mol. The lowest BCUT2D eigenvalue weighted by Crippen LogP contribution is -2.38. The third-order valence-electron chi connectivity index (χ3n) is 4.45. The summed E-state index contributed by atoms with van der Waals surface area (Å²) in [7, 11) is 0. The van der Waals surface area contributed by atoms with Crippen molar-refractivity contribution in [3.05, 3.63) is 59.1 Å². The van der Waals surface area contributed by atoms with Gasteiger partial charge in [0.25, 0.3) is 0 Å². The molecule has 136 valence electrons. The molecule has 0 saturated heterocycles. The van der Waals surface area contributed by atoms with Crippen LogP contribution in [0.5, 0.6) is 5.75 Å². The summed E-state index contributed by atoms with van der Waals surface area (Å²) in [6.07, 6.45) is 5.28. The molecule has 1 atom stereocenters. The summed E-state index contributed by atoms with van der Waals surface area (Å²) in [6.45, 7) is 8.50. The quantitative estimate of drug-likeness (QED) is 0.462. The number of para-hydroxylation sites is 1. The van der Waals surface area contributed by atoms with Crippen molar-refractivity contribution < 1.29 is 4.74 Å². The molecule has 0 radical (unpaired) electrons. The van der Waals surface area contributed by atoms with Crippen LogP contribution in [0.4, 0.5) is 0 Å². The number of thiazole rings is 1. The molecule has 0 spiro atoms. The van der Waals surface area contributed by atoms with Crippen LogP contribution in [0.25, 0.3) is 22.4 Å². The Morgan fingerprint density at radius 1 is 1.00 bits per heavy atom.